The third kappa shape index (κ3) is 3.24. The number of rotatable bonds is 3. The van der Waals surface area contributed by atoms with Gasteiger partial charge >= 0.3 is 12.1 Å². The van der Waals surface area contributed by atoms with Crippen LogP contribution in [0.5, 0.6) is 5.19 Å². The highest BCUT2D eigenvalue weighted by Crippen LogP contribution is 2.41. The summed E-state index contributed by atoms with van der Waals surface area (Å²) < 4.78 is 45.7. The number of halogens is 4. The molecule has 1 aromatic heterocycles. The third-order valence-corrected chi connectivity index (χ3v) is 2.76. The number of ether oxygens (including phenoxy) is 2. The van der Waals surface area contributed by atoms with Crippen molar-refractivity contribution in [1.82, 2.24) is 4.98 Å². The van der Waals surface area contributed by atoms with E-state index >= 15 is 0 Å². The number of methoxy groups -OCH3 is 1. The predicted molar refractivity (Wildman–Crippen MR) is 49.6 cm³/mol. The second-order valence-corrected chi connectivity index (χ2v) is 3.78. The highest BCUT2D eigenvalue weighted by Gasteiger charge is 2.37. The van der Waals surface area contributed by atoms with Crippen molar-refractivity contribution in [3.63, 3.8) is 0 Å². The summed E-state index contributed by atoms with van der Waals surface area (Å²) >= 11 is 5.48. The SMILES string of the molecule is COC(=O)COc1nc(Cl)c(C(F)(F)F)s1. The van der Waals surface area contributed by atoms with Crippen LogP contribution in [0.4, 0.5) is 13.2 Å². The summed E-state index contributed by atoms with van der Waals surface area (Å²) in [5, 5.41) is -1.03. The van der Waals surface area contributed by atoms with Crippen molar-refractivity contribution in [2.24, 2.45) is 0 Å². The normalized spacial score (nSPS) is 11.3. The quantitative estimate of drug-likeness (QED) is 0.795. The van der Waals surface area contributed by atoms with Gasteiger partial charge in [0.25, 0.3) is 5.19 Å². The van der Waals surface area contributed by atoms with E-state index in [0.29, 0.717) is 0 Å². The number of alkyl halides is 3. The molecule has 0 spiro atoms. The van der Waals surface area contributed by atoms with Gasteiger partial charge in [-0.3, -0.25) is 0 Å². The van der Waals surface area contributed by atoms with E-state index in [0.717, 1.165) is 7.11 Å². The lowest BCUT2D eigenvalue weighted by molar-refractivity contribution is -0.143. The van der Waals surface area contributed by atoms with Gasteiger partial charge in [-0.1, -0.05) is 22.9 Å². The summed E-state index contributed by atoms with van der Waals surface area (Å²) in [6.07, 6.45) is -4.58. The molecule has 0 N–H and O–H groups in total. The molecule has 1 heterocycles. The molecule has 0 aromatic carbocycles. The predicted octanol–water partition coefficient (Wildman–Crippen LogP) is 2.37. The van der Waals surface area contributed by atoms with Crippen LogP contribution in [0, 0.1) is 0 Å². The molecule has 1 aromatic rings. The van der Waals surface area contributed by atoms with Crippen LogP contribution in [-0.2, 0) is 15.7 Å². The van der Waals surface area contributed by atoms with Crippen LogP contribution in [0.25, 0.3) is 0 Å². The second-order valence-electron chi connectivity index (χ2n) is 2.46. The van der Waals surface area contributed by atoms with E-state index in [1.165, 1.54) is 0 Å². The molecule has 1 rings (SSSR count). The molecule has 0 aliphatic carbocycles. The topological polar surface area (TPSA) is 48.4 Å². The number of carbonyl (C=O) groups is 1. The molecule has 16 heavy (non-hydrogen) atoms. The molecule has 90 valence electrons. The zero-order chi connectivity index (χ0) is 12.3. The minimum absolute atomic E-state index is 0.221. The zero-order valence-electron chi connectivity index (χ0n) is 7.80. The molecule has 0 unspecified atom stereocenters. The summed E-state index contributed by atoms with van der Waals surface area (Å²) in [6.45, 7) is -0.516. The summed E-state index contributed by atoms with van der Waals surface area (Å²) in [5.41, 5.74) is 0. The monoisotopic (exact) mass is 275 g/mol. The number of hydrogen-bond acceptors (Lipinski definition) is 5. The summed E-state index contributed by atoms with van der Waals surface area (Å²) in [4.78, 5) is 12.9. The molecule has 0 radical (unpaired) electrons. The Hall–Kier alpha value is -1.02. The third-order valence-electron chi connectivity index (χ3n) is 1.36. The van der Waals surface area contributed by atoms with Crippen LogP contribution >= 0.6 is 22.9 Å². The first-order valence-electron chi connectivity index (χ1n) is 3.77. The number of aromatic nitrogens is 1. The van der Waals surface area contributed by atoms with Crippen molar-refractivity contribution in [3.05, 3.63) is 10.0 Å². The smallest absolute Gasteiger partial charge is 0.428 e. The van der Waals surface area contributed by atoms with Crippen molar-refractivity contribution < 1.29 is 27.4 Å². The van der Waals surface area contributed by atoms with Gasteiger partial charge in [-0.2, -0.15) is 18.2 Å². The van der Waals surface area contributed by atoms with Gasteiger partial charge in [-0.15, -0.1) is 0 Å². The van der Waals surface area contributed by atoms with Crippen LogP contribution < -0.4 is 4.74 Å². The average Bonchev–Trinajstić information content (AvgIpc) is 2.55. The van der Waals surface area contributed by atoms with Gasteiger partial charge in [0.05, 0.1) is 7.11 Å². The van der Waals surface area contributed by atoms with Crippen molar-refractivity contribution in [3.8, 4) is 5.19 Å². The van der Waals surface area contributed by atoms with Crippen LogP contribution in [0.3, 0.4) is 0 Å². The zero-order valence-corrected chi connectivity index (χ0v) is 9.37. The summed E-state index contributed by atoms with van der Waals surface area (Å²) in [7, 11) is 1.13. The second kappa shape index (κ2) is 4.88. The fraction of sp³-hybridized carbons (Fsp3) is 0.429. The highest BCUT2D eigenvalue weighted by atomic mass is 35.5. The molecule has 0 atom stereocenters. The Bertz CT molecular complexity index is 393. The molecule has 4 nitrogen and oxygen atoms in total. The van der Waals surface area contributed by atoms with Crippen molar-refractivity contribution in [2.75, 3.05) is 13.7 Å². The van der Waals surface area contributed by atoms with Gasteiger partial charge < -0.3 is 9.47 Å². The van der Waals surface area contributed by atoms with E-state index in [9.17, 15) is 18.0 Å². The highest BCUT2D eigenvalue weighted by molar-refractivity contribution is 7.14. The molecule has 0 fully saturated rings. The Balaban J connectivity index is 2.74. The fourth-order valence-electron chi connectivity index (χ4n) is 0.699. The number of esters is 1. The Labute approximate surface area is 96.9 Å². The molecule has 0 aliphatic heterocycles. The minimum atomic E-state index is -4.58. The molecule has 0 saturated heterocycles. The van der Waals surface area contributed by atoms with Gasteiger partial charge in [-0.05, 0) is 0 Å². The Morgan fingerprint density at radius 2 is 2.19 bits per heavy atom. The van der Waals surface area contributed by atoms with Crippen molar-refractivity contribution in [1.29, 1.82) is 0 Å². The number of hydrogen-bond donors (Lipinski definition) is 0. The van der Waals surface area contributed by atoms with Crippen LogP contribution in [0.2, 0.25) is 5.15 Å². The van der Waals surface area contributed by atoms with Gasteiger partial charge in [0.15, 0.2) is 16.6 Å². The van der Waals surface area contributed by atoms with E-state index < -0.39 is 28.8 Å². The van der Waals surface area contributed by atoms with E-state index in [1.54, 1.807) is 0 Å². The lowest BCUT2D eigenvalue weighted by Crippen LogP contribution is -2.12. The lowest BCUT2D eigenvalue weighted by Gasteiger charge is -2.01. The molecule has 9 heteroatoms. The van der Waals surface area contributed by atoms with Gasteiger partial charge in [0.2, 0.25) is 0 Å². The maximum atomic E-state index is 12.3. The van der Waals surface area contributed by atoms with Gasteiger partial charge in [-0.25, -0.2) is 4.79 Å². The van der Waals surface area contributed by atoms with E-state index in [4.69, 9.17) is 11.6 Å². The van der Waals surface area contributed by atoms with E-state index in [2.05, 4.69) is 14.5 Å². The first-order valence-corrected chi connectivity index (χ1v) is 4.97. The lowest BCUT2D eigenvalue weighted by atomic mass is 10.5. The number of carbonyl (C=O) groups excluding carboxylic acids is 1. The summed E-state index contributed by atoms with van der Waals surface area (Å²) in [6, 6.07) is 0. The fourth-order valence-corrected chi connectivity index (χ4v) is 1.72. The Morgan fingerprint density at radius 1 is 1.56 bits per heavy atom. The molecule has 0 aliphatic rings. The molecule has 0 saturated carbocycles. The van der Waals surface area contributed by atoms with E-state index in [1.807, 2.05) is 0 Å². The maximum absolute atomic E-state index is 12.3. The van der Waals surface area contributed by atoms with Crippen LogP contribution in [0.15, 0.2) is 0 Å². The first kappa shape index (κ1) is 13.0. The van der Waals surface area contributed by atoms with Crippen molar-refractivity contribution >= 4 is 28.9 Å². The molecule has 0 bridgehead atoms. The largest absolute Gasteiger partial charge is 0.466 e. The van der Waals surface area contributed by atoms with Crippen LogP contribution in [0.1, 0.15) is 4.88 Å². The first-order chi connectivity index (χ1) is 7.34. The molecule has 0 amide bonds. The van der Waals surface area contributed by atoms with Gasteiger partial charge in [0.1, 0.15) is 0 Å². The van der Waals surface area contributed by atoms with Crippen molar-refractivity contribution in [2.45, 2.75) is 6.18 Å². The van der Waals surface area contributed by atoms with E-state index in [-0.39, 0.29) is 16.5 Å². The minimum Gasteiger partial charge on any atom is -0.466 e. The standard InChI is InChI=1S/C7H5ClF3NO3S/c1-14-3(13)2-15-6-12-5(8)4(16-6)7(9,10)11/h2H2,1H3. The van der Waals surface area contributed by atoms with Crippen LogP contribution in [-0.4, -0.2) is 24.7 Å². The molecular weight excluding hydrogens is 271 g/mol. The number of nitrogens with zero attached hydrogens (tertiary/aromatic N) is 1. The molecular formula is C7H5ClF3NO3S. The number of thiazole rings is 1. The average molecular weight is 276 g/mol. The van der Waals surface area contributed by atoms with Gasteiger partial charge in [0, 0.05) is 0 Å². The maximum Gasteiger partial charge on any atom is 0.428 e. The Morgan fingerprint density at radius 3 is 2.62 bits per heavy atom. The summed E-state index contributed by atoms with van der Waals surface area (Å²) in [5.74, 6) is -0.722. The Kier molecular flexibility index (Phi) is 3.98.